The van der Waals surface area contributed by atoms with Crippen LogP contribution in [0.15, 0.2) is 24.3 Å². The Bertz CT molecular complexity index is 760. The van der Waals surface area contributed by atoms with Crippen LogP contribution in [0.3, 0.4) is 0 Å². The van der Waals surface area contributed by atoms with Crippen LogP contribution in [0.1, 0.15) is 40.3 Å². The summed E-state index contributed by atoms with van der Waals surface area (Å²) in [5.41, 5.74) is 6.36. The van der Waals surface area contributed by atoms with Crippen LogP contribution in [0.5, 0.6) is 0 Å². The smallest absolute Gasteiger partial charge is 0.305 e. The summed E-state index contributed by atoms with van der Waals surface area (Å²) in [6, 6.07) is 7.25. The molecule has 0 bridgehead atoms. The van der Waals surface area contributed by atoms with Gasteiger partial charge in [-0.2, -0.15) is 0 Å². The van der Waals surface area contributed by atoms with E-state index in [0.717, 1.165) is 22.3 Å². The summed E-state index contributed by atoms with van der Waals surface area (Å²) in [5.74, 6) is -1.30. The molecule has 0 aliphatic carbocycles. The molecule has 0 amide bonds. The number of hydrogen-bond donors (Lipinski definition) is 2. The van der Waals surface area contributed by atoms with E-state index in [4.69, 9.17) is 5.11 Å². The van der Waals surface area contributed by atoms with Gasteiger partial charge in [-0.1, -0.05) is 17.7 Å². The molecule has 0 aliphatic heterocycles. The molecule has 0 heterocycles. The number of benzene rings is 2. The van der Waals surface area contributed by atoms with Gasteiger partial charge in [0.1, 0.15) is 5.82 Å². The first-order valence-electron chi connectivity index (χ1n) is 8.02. The van der Waals surface area contributed by atoms with Crippen LogP contribution in [0.4, 0.5) is 4.39 Å². The number of carboxylic acid groups (broad SMARTS) is 1. The van der Waals surface area contributed by atoms with Crippen LogP contribution in [0.25, 0.3) is 11.1 Å². The highest BCUT2D eigenvalue weighted by atomic mass is 19.1. The third kappa shape index (κ3) is 3.65. The third-order valence-electron chi connectivity index (χ3n) is 4.35. The Balaban J connectivity index is 2.64. The third-order valence-corrected chi connectivity index (χ3v) is 4.35. The zero-order valence-electron chi connectivity index (χ0n) is 14.8. The van der Waals surface area contributed by atoms with Crippen molar-refractivity contribution in [2.24, 2.45) is 0 Å². The number of carboxylic acids is 1. The van der Waals surface area contributed by atoms with Gasteiger partial charge in [0.2, 0.25) is 0 Å². The predicted octanol–water partition coefficient (Wildman–Crippen LogP) is 4.46. The SMILES string of the molecule is CNC(CC(=O)O)c1cc(-c2c(C)cc(C)cc2C)cc(C)c1F. The van der Waals surface area contributed by atoms with Crippen molar-refractivity contribution in [1.29, 1.82) is 0 Å². The summed E-state index contributed by atoms with van der Waals surface area (Å²) < 4.78 is 14.6. The molecular formula is C20H24FNO2. The highest BCUT2D eigenvalue weighted by molar-refractivity contribution is 5.73. The molecule has 0 saturated carbocycles. The van der Waals surface area contributed by atoms with Gasteiger partial charge in [0, 0.05) is 11.6 Å². The summed E-state index contributed by atoms with van der Waals surface area (Å²) in [4.78, 5) is 11.1. The molecular weight excluding hydrogens is 305 g/mol. The van der Waals surface area contributed by atoms with E-state index in [1.165, 1.54) is 5.56 Å². The van der Waals surface area contributed by atoms with Gasteiger partial charge in [0.25, 0.3) is 0 Å². The normalized spacial score (nSPS) is 12.2. The summed E-state index contributed by atoms with van der Waals surface area (Å²) in [6.45, 7) is 7.85. The first-order chi connectivity index (χ1) is 11.2. The Kier molecular flexibility index (Phi) is 5.40. The molecule has 1 unspecified atom stereocenters. The summed E-state index contributed by atoms with van der Waals surface area (Å²) in [7, 11) is 1.65. The van der Waals surface area contributed by atoms with Gasteiger partial charge in [0.15, 0.2) is 0 Å². The van der Waals surface area contributed by atoms with E-state index in [2.05, 4.69) is 24.4 Å². The highest BCUT2D eigenvalue weighted by Crippen LogP contribution is 2.33. The molecule has 4 heteroatoms. The fourth-order valence-electron chi connectivity index (χ4n) is 3.37. The lowest BCUT2D eigenvalue weighted by Crippen LogP contribution is -2.21. The van der Waals surface area contributed by atoms with Crippen molar-refractivity contribution < 1.29 is 14.3 Å². The minimum Gasteiger partial charge on any atom is -0.481 e. The molecule has 0 aliphatic rings. The lowest BCUT2D eigenvalue weighted by atomic mass is 9.89. The Morgan fingerprint density at radius 3 is 2.17 bits per heavy atom. The summed E-state index contributed by atoms with van der Waals surface area (Å²) in [6.07, 6.45) is -0.165. The van der Waals surface area contributed by atoms with Crippen molar-refractivity contribution >= 4 is 5.97 Å². The standard InChI is InChI=1S/C20H24FNO2/c1-11-6-12(2)19(13(3)7-11)15-8-14(4)20(21)16(9-15)17(22-5)10-18(23)24/h6-9,17,22H,10H2,1-5H3,(H,23,24). The Morgan fingerprint density at radius 2 is 1.67 bits per heavy atom. The lowest BCUT2D eigenvalue weighted by molar-refractivity contribution is -0.137. The van der Waals surface area contributed by atoms with Crippen LogP contribution in [-0.4, -0.2) is 18.1 Å². The molecule has 0 spiro atoms. The minimum absolute atomic E-state index is 0.165. The van der Waals surface area contributed by atoms with E-state index in [1.54, 1.807) is 20.0 Å². The van der Waals surface area contributed by atoms with Gasteiger partial charge in [-0.25, -0.2) is 4.39 Å². The number of carbonyl (C=O) groups is 1. The zero-order chi connectivity index (χ0) is 18.0. The monoisotopic (exact) mass is 329 g/mol. The van der Waals surface area contributed by atoms with E-state index in [9.17, 15) is 9.18 Å². The van der Waals surface area contributed by atoms with Crippen molar-refractivity contribution in [3.05, 3.63) is 57.9 Å². The fraction of sp³-hybridized carbons (Fsp3) is 0.350. The van der Waals surface area contributed by atoms with Crippen molar-refractivity contribution in [2.45, 2.75) is 40.2 Å². The molecule has 128 valence electrons. The Morgan fingerprint density at radius 1 is 1.08 bits per heavy atom. The van der Waals surface area contributed by atoms with E-state index in [0.29, 0.717) is 11.1 Å². The number of hydrogen-bond acceptors (Lipinski definition) is 2. The Labute approximate surface area is 142 Å². The molecule has 2 N–H and O–H groups in total. The van der Waals surface area contributed by atoms with Crippen molar-refractivity contribution in [3.63, 3.8) is 0 Å². The maximum absolute atomic E-state index is 14.6. The van der Waals surface area contributed by atoms with E-state index < -0.39 is 12.0 Å². The zero-order valence-corrected chi connectivity index (χ0v) is 14.8. The van der Waals surface area contributed by atoms with Crippen LogP contribution >= 0.6 is 0 Å². The average molecular weight is 329 g/mol. The van der Waals surface area contributed by atoms with Crippen molar-refractivity contribution in [1.82, 2.24) is 5.32 Å². The molecule has 2 aromatic carbocycles. The molecule has 1 atom stereocenters. The predicted molar refractivity (Wildman–Crippen MR) is 94.8 cm³/mol. The molecule has 0 aromatic heterocycles. The molecule has 0 fully saturated rings. The van der Waals surface area contributed by atoms with Crippen molar-refractivity contribution in [3.8, 4) is 11.1 Å². The second-order valence-corrected chi connectivity index (χ2v) is 6.41. The number of nitrogens with one attached hydrogen (secondary N) is 1. The maximum Gasteiger partial charge on any atom is 0.305 e. The maximum atomic E-state index is 14.6. The van der Waals surface area contributed by atoms with Crippen LogP contribution in [0, 0.1) is 33.5 Å². The van der Waals surface area contributed by atoms with Gasteiger partial charge < -0.3 is 10.4 Å². The molecule has 2 rings (SSSR count). The quantitative estimate of drug-likeness (QED) is 0.851. The van der Waals surface area contributed by atoms with Crippen LogP contribution in [0.2, 0.25) is 0 Å². The number of halogens is 1. The van der Waals surface area contributed by atoms with Crippen LogP contribution in [-0.2, 0) is 4.79 Å². The number of rotatable bonds is 5. The molecule has 0 radical (unpaired) electrons. The topological polar surface area (TPSA) is 49.3 Å². The first kappa shape index (κ1) is 18.1. The second kappa shape index (κ2) is 7.14. The van der Waals surface area contributed by atoms with Gasteiger partial charge in [-0.15, -0.1) is 0 Å². The van der Waals surface area contributed by atoms with E-state index in [-0.39, 0.29) is 12.2 Å². The van der Waals surface area contributed by atoms with Gasteiger partial charge in [-0.05, 0) is 74.7 Å². The minimum atomic E-state index is -0.959. The largest absolute Gasteiger partial charge is 0.481 e. The Hall–Kier alpha value is -2.20. The van der Waals surface area contributed by atoms with Gasteiger partial charge >= 0.3 is 5.97 Å². The van der Waals surface area contributed by atoms with Crippen molar-refractivity contribution in [2.75, 3.05) is 7.05 Å². The number of aliphatic carboxylic acids is 1. The van der Waals surface area contributed by atoms with E-state index >= 15 is 0 Å². The van der Waals surface area contributed by atoms with Gasteiger partial charge in [0.05, 0.1) is 6.42 Å². The highest BCUT2D eigenvalue weighted by Gasteiger charge is 2.20. The number of aryl methyl sites for hydroxylation is 4. The molecule has 2 aromatic rings. The molecule has 0 saturated heterocycles. The average Bonchev–Trinajstić information content (AvgIpc) is 2.47. The second-order valence-electron chi connectivity index (χ2n) is 6.41. The first-order valence-corrected chi connectivity index (χ1v) is 8.02. The summed E-state index contributed by atoms with van der Waals surface area (Å²) in [5, 5.41) is 12.0. The molecule has 24 heavy (non-hydrogen) atoms. The van der Waals surface area contributed by atoms with Crippen LogP contribution < -0.4 is 5.32 Å². The van der Waals surface area contributed by atoms with E-state index in [1.807, 2.05) is 19.9 Å². The van der Waals surface area contributed by atoms with Gasteiger partial charge in [-0.3, -0.25) is 4.79 Å². The molecule has 3 nitrogen and oxygen atoms in total. The fourth-order valence-corrected chi connectivity index (χ4v) is 3.37. The lowest BCUT2D eigenvalue weighted by Gasteiger charge is -2.19. The summed E-state index contributed by atoms with van der Waals surface area (Å²) >= 11 is 0.